The zero-order chi connectivity index (χ0) is 14.7. The van der Waals surface area contributed by atoms with E-state index >= 15 is 0 Å². The number of nitrogens with one attached hydrogen (secondary N) is 1. The summed E-state index contributed by atoms with van der Waals surface area (Å²) in [5, 5.41) is 3.71. The van der Waals surface area contributed by atoms with Gasteiger partial charge in [0.1, 0.15) is 5.75 Å². The minimum Gasteiger partial charge on any atom is -0.494 e. The van der Waals surface area contributed by atoms with Crippen molar-refractivity contribution < 1.29 is 4.74 Å². The van der Waals surface area contributed by atoms with Gasteiger partial charge in [0.05, 0.1) is 12.6 Å². The fourth-order valence-electron chi connectivity index (χ4n) is 3.02. The molecule has 1 aliphatic rings. The molecule has 0 spiro atoms. The first-order chi connectivity index (χ1) is 10.3. The van der Waals surface area contributed by atoms with Gasteiger partial charge in [0.15, 0.2) is 0 Å². The fourth-order valence-corrected chi connectivity index (χ4v) is 3.02. The largest absolute Gasteiger partial charge is 0.494 e. The van der Waals surface area contributed by atoms with Gasteiger partial charge in [0.2, 0.25) is 0 Å². The first-order valence-corrected chi connectivity index (χ1v) is 7.84. The maximum absolute atomic E-state index is 5.67. The molecule has 0 saturated heterocycles. The standard InChI is InChI=1S/C19H23NO/c1-3-12-21-17-10-8-15(9-11-17)19-18-7-5-4-6-16(18)13-14(2)20-19/h4-11,14,19-20H,3,12-13H2,1-2H3/t14-,19-/m0/s1. The molecule has 0 radical (unpaired) electrons. The average molecular weight is 281 g/mol. The molecule has 0 aliphatic carbocycles. The van der Waals surface area contributed by atoms with Crippen LogP contribution in [0.25, 0.3) is 0 Å². The van der Waals surface area contributed by atoms with Gasteiger partial charge in [-0.2, -0.15) is 0 Å². The zero-order valence-corrected chi connectivity index (χ0v) is 12.8. The summed E-state index contributed by atoms with van der Waals surface area (Å²) < 4.78 is 5.67. The molecule has 110 valence electrons. The Balaban J connectivity index is 1.86. The van der Waals surface area contributed by atoms with Crippen molar-refractivity contribution in [2.24, 2.45) is 0 Å². The van der Waals surface area contributed by atoms with Crippen LogP contribution in [0.3, 0.4) is 0 Å². The average Bonchev–Trinajstić information content (AvgIpc) is 2.52. The van der Waals surface area contributed by atoms with E-state index in [1.807, 2.05) is 0 Å². The van der Waals surface area contributed by atoms with Crippen LogP contribution in [-0.2, 0) is 6.42 Å². The van der Waals surface area contributed by atoms with Crippen molar-refractivity contribution in [3.63, 3.8) is 0 Å². The maximum Gasteiger partial charge on any atom is 0.119 e. The van der Waals surface area contributed by atoms with Crippen molar-refractivity contribution in [1.82, 2.24) is 5.32 Å². The Morgan fingerprint density at radius 1 is 1.10 bits per heavy atom. The van der Waals surface area contributed by atoms with Crippen LogP contribution in [0.1, 0.15) is 43.0 Å². The van der Waals surface area contributed by atoms with Gasteiger partial charge < -0.3 is 10.1 Å². The summed E-state index contributed by atoms with van der Waals surface area (Å²) in [5.74, 6) is 0.956. The predicted octanol–water partition coefficient (Wildman–Crippen LogP) is 4.10. The highest BCUT2D eigenvalue weighted by Gasteiger charge is 2.24. The summed E-state index contributed by atoms with van der Waals surface area (Å²) in [6.07, 6.45) is 2.14. The van der Waals surface area contributed by atoms with E-state index in [1.165, 1.54) is 16.7 Å². The molecule has 3 rings (SSSR count). The Bertz CT molecular complexity index is 591. The van der Waals surface area contributed by atoms with Crippen molar-refractivity contribution in [3.05, 3.63) is 65.2 Å². The molecule has 0 amide bonds. The minimum atomic E-state index is 0.283. The van der Waals surface area contributed by atoms with Crippen molar-refractivity contribution in [2.45, 2.75) is 38.8 Å². The molecule has 2 aromatic carbocycles. The Hall–Kier alpha value is -1.80. The SMILES string of the molecule is CCCOc1ccc([C@@H]2N[C@@H](C)Cc3ccccc32)cc1. The van der Waals surface area contributed by atoms with Crippen LogP contribution in [0.5, 0.6) is 5.75 Å². The van der Waals surface area contributed by atoms with Gasteiger partial charge in [-0.25, -0.2) is 0 Å². The summed E-state index contributed by atoms with van der Waals surface area (Å²) >= 11 is 0. The van der Waals surface area contributed by atoms with Crippen LogP contribution in [0.4, 0.5) is 0 Å². The lowest BCUT2D eigenvalue weighted by atomic mass is 9.87. The lowest BCUT2D eigenvalue weighted by molar-refractivity contribution is 0.317. The molecular formula is C19H23NO. The van der Waals surface area contributed by atoms with E-state index in [-0.39, 0.29) is 6.04 Å². The van der Waals surface area contributed by atoms with E-state index in [0.29, 0.717) is 6.04 Å². The van der Waals surface area contributed by atoms with E-state index in [0.717, 1.165) is 25.2 Å². The van der Waals surface area contributed by atoms with E-state index < -0.39 is 0 Å². The molecule has 1 heterocycles. The molecule has 2 atom stereocenters. The first kappa shape index (κ1) is 14.2. The lowest BCUT2D eigenvalue weighted by Gasteiger charge is -2.32. The molecule has 0 aromatic heterocycles. The quantitative estimate of drug-likeness (QED) is 0.911. The molecule has 2 nitrogen and oxygen atoms in total. The first-order valence-electron chi connectivity index (χ1n) is 7.84. The maximum atomic E-state index is 5.67. The van der Waals surface area contributed by atoms with Gasteiger partial charge in [-0.05, 0) is 48.6 Å². The van der Waals surface area contributed by atoms with Crippen LogP contribution in [0, 0.1) is 0 Å². The van der Waals surface area contributed by atoms with Gasteiger partial charge in [-0.1, -0.05) is 43.3 Å². The smallest absolute Gasteiger partial charge is 0.119 e. The van der Waals surface area contributed by atoms with Crippen LogP contribution in [0.2, 0.25) is 0 Å². The zero-order valence-electron chi connectivity index (χ0n) is 12.8. The monoisotopic (exact) mass is 281 g/mol. The molecule has 21 heavy (non-hydrogen) atoms. The molecule has 2 aromatic rings. The summed E-state index contributed by atoms with van der Waals surface area (Å²) in [5.41, 5.74) is 4.16. The summed E-state index contributed by atoms with van der Waals surface area (Å²) in [7, 11) is 0. The molecule has 2 heteroatoms. The Morgan fingerprint density at radius 3 is 2.62 bits per heavy atom. The Kier molecular flexibility index (Phi) is 4.26. The summed E-state index contributed by atoms with van der Waals surface area (Å²) in [6.45, 7) is 5.15. The molecule has 1 N–H and O–H groups in total. The van der Waals surface area contributed by atoms with E-state index in [4.69, 9.17) is 4.74 Å². The third-order valence-corrected chi connectivity index (χ3v) is 4.03. The summed E-state index contributed by atoms with van der Waals surface area (Å²) in [6, 6.07) is 18.0. The highest BCUT2D eigenvalue weighted by molar-refractivity contribution is 5.41. The van der Waals surface area contributed by atoms with Crippen LogP contribution >= 0.6 is 0 Å². The van der Waals surface area contributed by atoms with E-state index in [1.54, 1.807) is 0 Å². The second-order valence-electron chi connectivity index (χ2n) is 5.82. The summed E-state index contributed by atoms with van der Waals surface area (Å²) in [4.78, 5) is 0. The highest BCUT2D eigenvalue weighted by Crippen LogP contribution is 2.31. The van der Waals surface area contributed by atoms with Crippen LogP contribution in [-0.4, -0.2) is 12.6 Å². The van der Waals surface area contributed by atoms with Gasteiger partial charge in [-0.3, -0.25) is 0 Å². The number of ether oxygens (including phenoxy) is 1. The number of fused-ring (bicyclic) bond motifs is 1. The second-order valence-corrected chi connectivity index (χ2v) is 5.82. The lowest BCUT2D eigenvalue weighted by Crippen LogP contribution is -2.37. The van der Waals surface area contributed by atoms with Crippen molar-refractivity contribution in [3.8, 4) is 5.75 Å². The number of hydrogen-bond donors (Lipinski definition) is 1. The number of hydrogen-bond acceptors (Lipinski definition) is 2. The molecule has 1 aliphatic heterocycles. The number of rotatable bonds is 4. The third kappa shape index (κ3) is 3.11. The van der Waals surface area contributed by atoms with E-state index in [2.05, 4.69) is 67.7 Å². The van der Waals surface area contributed by atoms with E-state index in [9.17, 15) is 0 Å². The van der Waals surface area contributed by atoms with Crippen molar-refractivity contribution >= 4 is 0 Å². The molecule has 0 saturated carbocycles. The second kappa shape index (κ2) is 6.31. The topological polar surface area (TPSA) is 21.3 Å². The van der Waals surface area contributed by atoms with Gasteiger partial charge in [-0.15, -0.1) is 0 Å². The van der Waals surface area contributed by atoms with Crippen molar-refractivity contribution in [2.75, 3.05) is 6.61 Å². The molecular weight excluding hydrogens is 258 g/mol. The third-order valence-electron chi connectivity index (χ3n) is 4.03. The van der Waals surface area contributed by atoms with Crippen molar-refractivity contribution in [1.29, 1.82) is 0 Å². The highest BCUT2D eigenvalue weighted by atomic mass is 16.5. The predicted molar refractivity (Wildman–Crippen MR) is 86.8 cm³/mol. The normalized spacial score (nSPS) is 20.9. The molecule has 0 fully saturated rings. The minimum absolute atomic E-state index is 0.283. The molecule has 0 bridgehead atoms. The molecule has 0 unspecified atom stereocenters. The van der Waals surface area contributed by atoms with Crippen LogP contribution < -0.4 is 10.1 Å². The van der Waals surface area contributed by atoms with Gasteiger partial charge >= 0.3 is 0 Å². The number of benzene rings is 2. The fraction of sp³-hybridized carbons (Fsp3) is 0.368. The van der Waals surface area contributed by atoms with Crippen LogP contribution in [0.15, 0.2) is 48.5 Å². The Morgan fingerprint density at radius 2 is 1.86 bits per heavy atom. The van der Waals surface area contributed by atoms with Gasteiger partial charge in [0.25, 0.3) is 0 Å². The Labute approximate surface area is 127 Å². The van der Waals surface area contributed by atoms with Gasteiger partial charge in [0, 0.05) is 6.04 Å².